The van der Waals surface area contributed by atoms with Crippen molar-refractivity contribution >= 4 is 28.3 Å². The number of hydrogen-bond donors (Lipinski definition) is 1. The third kappa shape index (κ3) is 4.88. The van der Waals surface area contributed by atoms with Gasteiger partial charge in [-0.2, -0.15) is 10.5 Å². The van der Waals surface area contributed by atoms with Crippen LogP contribution in [0.1, 0.15) is 40.0 Å². The first-order chi connectivity index (χ1) is 15.7. The summed E-state index contributed by atoms with van der Waals surface area (Å²) in [7, 11) is 0. The highest BCUT2D eigenvalue weighted by molar-refractivity contribution is 7.16. The Bertz CT molecular complexity index is 1250. The molecule has 1 aromatic heterocycles. The maximum Gasteiger partial charge on any atom is 0.266 e. The van der Waals surface area contributed by atoms with E-state index in [1.165, 1.54) is 17.4 Å². The van der Waals surface area contributed by atoms with Gasteiger partial charge in [0.05, 0.1) is 5.56 Å². The van der Waals surface area contributed by atoms with Gasteiger partial charge >= 0.3 is 0 Å². The van der Waals surface area contributed by atoms with E-state index in [9.17, 15) is 15.3 Å². The van der Waals surface area contributed by atoms with E-state index in [1.807, 2.05) is 54.6 Å². The van der Waals surface area contributed by atoms with Crippen LogP contribution in [0, 0.1) is 22.7 Å². The van der Waals surface area contributed by atoms with Crippen LogP contribution in [0.3, 0.4) is 0 Å². The Morgan fingerprint density at radius 1 is 1.09 bits per heavy atom. The van der Waals surface area contributed by atoms with Crippen LogP contribution in [0.2, 0.25) is 0 Å². The SMILES string of the molecule is N#C/C(=C\c1cccc(OCc2ccccc2)c1)C(=O)Nc1sc2c(c1C#N)CCCC2. The molecule has 1 heterocycles. The molecule has 0 aliphatic heterocycles. The smallest absolute Gasteiger partial charge is 0.266 e. The second-order valence-corrected chi connectivity index (χ2v) is 8.60. The summed E-state index contributed by atoms with van der Waals surface area (Å²) in [5, 5.41) is 22.5. The second-order valence-electron chi connectivity index (χ2n) is 7.50. The fourth-order valence-corrected chi connectivity index (χ4v) is 4.93. The molecule has 2 aromatic carbocycles. The lowest BCUT2D eigenvalue weighted by Gasteiger charge is -2.09. The molecule has 0 radical (unpaired) electrons. The number of amides is 1. The number of benzene rings is 2. The highest BCUT2D eigenvalue weighted by atomic mass is 32.1. The molecular weight excluding hydrogens is 418 g/mol. The van der Waals surface area contributed by atoms with Crippen LogP contribution in [-0.4, -0.2) is 5.91 Å². The maximum absolute atomic E-state index is 12.8. The third-order valence-electron chi connectivity index (χ3n) is 5.29. The number of ether oxygens (including phenoxy) is 1. The fourth-order valence-electron chi connectivity index (χ4n) is 3.69. The van der Waals surface area contributed by atoms with E-state index in [0.717, 1.165) is 41.7 Å². The van der Waals surface area contributed by atoms with Gasteiger partial charge in [-0.15, -0.1) is 11.3 Å². The lowest BCUT2D eigenvalue weighted by molar-refractivity contribution is -0.112. The zero-order chi connectivity index (χ0) is 22.3. The van der Waals surface area contributed by atoms with Crippen molar-refractivity contribution < 1.29 is 9.53 Å². The number of rotatable bonds is 6. The molecule has 0 bridgehead atoms. The van der Waals surface area contributed by atoms with E-state index in [0.29, 0.717) is 28.5 Å². The maximum atomic E-state index is 12.8. The molecule has 1 N–H and O–H groups in total. The standard InChI is InChI=1S/C26H21N3O2S/c27-15-20(25(30)29-26-23(16-28)22-11-4-5-12-24(22)32-26)13-19-9-6-10-21(14-19)31-17-18-7-2-1-3-8-18/h1-3,6-10,13-14H,4-5,11-12,17H2,(H,29,30)/b20-13+. The van der Waals surface area contributed by atoms with Gasteiger partial charge in [0.15, 0.2) is 0 Å². The van der Waals surface area contributed by atoms with E-state index >= 15 is 0 Å². The third-order valence-corrected chi connectivity index (χ3v) is 6.50. The average Bonchev–Trinajstić information content (AvgIpc) is 3.19. The Labute approximate surface area is 191 Å². The van der Waals surface area contributed by atoms with E-state index in [1.54, 1.807) is 6.07 Å². The molecule has 4 rings (SSSR count). The van der Waals surface area contributed by atoms with Crippen LogP contribution in [-0.2, 0) is 24.2 Å². The van der Waals surface area contributed by atoms with Crippen LogP contribution in [0.4, 0.5) is 5.00 Å². The fraction of sp³-hybridized carbons (Fsp3) is 0.192. The number of hydrogen-bond acceptors (Lipinski definition) is 5. The number of thiophene rings is 1. The molecule has 3 aromatic rings. The summed E-state index contributed by atoms with van der Waals surface area (Å²) >= 11 is 1.44. The van der Waals surface area contributed by atoms with Crippen molar-refractivity contribution in [3.63, 3.8) is 0 Å². The van der Waals surface area contributed by atoms with Gasteiger partial charge in [-0.25, -0.2) is 0 Å². The first-order valence-corrected chi connectivity index (χ1v) is 11.2. The van der Waals surface area contributed by atoms with Gasteiger partial charge in [0.2, 0.25) is 0 Å². The molecular formula is C26H21N3O2S. The Morgan fingerprint density at radius 3 is 2.69 bits per heavy atom. The van der Waals surface area contributed by atoms with Gasteiger partial charge in [0.1, 0.15) is 35.1 Å². The summed E-state index contributed by atoms with van der Waals surface area (Å²) in [4.78, 5) is 13.9. The largest absolute Gasteiger partial charge is 0.489 e. The van der Waals surface area contributed by atoms with Gasteiger partial charge in [-0.1, -0.05) is 42.5 Å². The van der Waals surface area contributed by atoms with Gasteiger partial charge in [-0.05, 0) is 60.6 Å². The van der Waals surface area contributed by atoms with Crippen LogP contribution >= 0.6 is 11.3 Å². The summed E-state index contributed by atoms with van der Waals surface area (Å²) in [6.45, 7) is 0.430. The molecule has 1 aliphatic carbocycles. The van der Waals surface area contributed by atoms with E-state index in [-0.39, 0.29) is 5.57 Å². The first kappa shape index (κ1) is 21.4. The van der Waals surface area contributed by atoms with Crippen molar-refractivity contribution in [2.24, 2.45) is 0 Å². The summed E-state index contributed by atoms with van der Waals surface area (Å²) in [5.41, 5.74) is 3.29. The minimum atomic E-state index is -0.516. The number of nitrogens with one attached hydrogen (secondary N) is 1. The lowest BCUT2D eigenvalue weighted by Crippen LogP contribution is -2.13. The van der Waals surface area contributed by atoms with Gasteiger partial charge in [0, 0.05) is 4.88 Å². The number of anilines is 1. The van der Waals surface area contributed by atoms with Crippen LogP contribution in [0.25, 0.3) is 6.08 Å². The minimum absolute atomic E-state index is 0.0273. The number of carbonyl (C=O) groups is 1. The molecule has 0 spiro atoms. The monoisotopic (exact) mass is 439 g/mol. The van der Waals surface area contributed by atoms with E-state index in [2.05, 4.69) is 11.4 Å². The summed E-state index contributed by atoms with van der Waals surface area (Å²) in [6.07, 6.45) is 5.47. The van der Waals surface area contributed by atoms with Crippen molar-refractivity contribution in [3.05, 3.63) is 87.3 Å². The summed E-state index contributed by atoms with van der Waals surface area (Å²) in [5.74, 6) is 0.135. The van der Waals surface area contributed by atoms with Crippen molar-refractivity contribution in [1.29, 1.82) is 10.5 Å². The summed E-state index contributed by atoms with van der Waals surface area (Å²) in [6, 6.07) is 21.3. The van der Waals surface area contributed by atoms with Gasteiger partial charge in [0.25, 0.3) is 5.91 Å². The van der Waals surface area contributed by atoms with E-state index in [4.69, 9.17) is 4.74 Å². The number of aryl methyl sites for hydroxylation is 1. The Hall–Kier alpha value is -3.87. The van der Waals surface area contributed by atoms with Crippen molar-refractivity contribution in [2.75, 3.05) is 5.32 Å². The average molecular weight is 440 g/mol. The van der Waals surface area contributed by atoms with Crippen LogP contribution < -0.4 is 10.1 Å². The van der Waals surface area contributed by atoms with Gasteiger partial charge < -0.3 is 10.1 Å². The molecule has 0 fully saturated rings. The predicted molar refractivity (Wildman–Crippen MR) is 125 cm³/mol. The highest BCUT2D eigenvalue weighted by Crippen LogP contribution is 2.37. The first-order valence-electron chi connectivity index (χ1n) is 10.4. The molecule has 5 nitrogen and oxygen atoms in total. The zero-order valence-electron chi connectivity index (χ0n) is 17.4. The normalized spacial score (nSPS) is 12.9. The molecule has 0 atom stereocenters. The molecule has 32 heavy (non-hydrogen) atoms. The molecule has 0 unspecified atom stereocenters. The second kappa shape index (κ2) is 9.96. The van der Waals surface area contributed by atoms with E-state index < -0.39 is 5.91 Å². The minimum Gasteiger partial charge on any atom is -0.489 e. The highest BCUT2D eigenvalue weighted by Gasteiger charge is 2.22. The Kier molecular flexibility index (Phi) is 6.65. The lowest BCUT2D eigenvalue weighted by atomic mass is 9.96. The number of carbonyl (C=O) groups excluding carboxylic acids is 1. The van der Waals surface area contributed by atoms with Crippen LogP contribution in [0.15, 0.2) is 60.2 Å². The molecule has 6 heteroatoms. The van der Waals surface area contributed by atoms with Gasteiger partial charge in [-0.3, -0.25) is 4.79 Å². The zero-order valence-corrected chi connectivity index (χ0v) is 18.2. The van der Waals surface area contributed by atoms with Crippen molar-refractivity contribution in [3.8, 4) is 17.9 Å². The Balaban J connectivity index is 1.50. The molecule has 0 saturated carbocycles. The molecule has 158 valence electrons. The number of fused-ring (bicyclic) bond motifs is 1. The topological polar surface area (TPSA) is 85.9 Å². The number of nitrogens with zero attached hydrogens (tertiary/aromatic N) is 2. The number of nitriles is 2. The van der Waals surface area contributed by atoms with Crippen molar-refractivity contribution in [1.82, 2.24) is 0 Å². The predicted octanol–water partition coefficient (Wildman–Crippen LogP) is 5.62. The summed E-state index contributed by atoms with van der Waals surface area (Å²) < 4.78 is 5.83. The quantitative estimate of drug-likeness (QED) is 0.399. The molecule has 1 aliphatic rings. The molecule has 1 amide bonds. The Morgan fingerprint density at radius 2 is 1.91 bits per heavy atom. The van der Waals surface area contributed by atoms with Crippen LogP contribution in [0.5, 0.6) is 5.75 Å². The van der Waals surface area contributed by atoms with Crippen molar-refractivity contribution in [2.45, 2.75) is 32.3 Å². The molecule has 0 saturated heterocycles.